The summed E-state index contributed by atoms with van der Waals surface area (Å²) in [6, 6.07) is 4.31. The Morgan fingerprint density at radius 3 is 2.13 bits per heavy atom. The number of carbonyl (C=O) groups is 1. The monoisotopic (exact) mass is 328 g/mol. The molecule has 128 valence electrons. The highest BCUT2D eigenvalue weighted by molar-refractivity contribution is 5.72. The minimum atomic E-state index is -0.503. The summed E-state index contributed by atoms with van der Waals surface area (Å²) in [5.74, 6) is -1.09. The van der Waals surface area contributed by atoms with E-state index in [0.717, 1.165) is 37.1 Å². The molecule has 0 bridgehead atoms. The van der Waals surface area contributed by atoms with Crippen molar-refractivity contribution in [2.24, 2.45) is 11.8 Å². The number of rotatable bonds is 1. The van der Waals surface area contributed by atoms with Crippen molar-refractivity contribution in [3.05, 3.63) is 35.9 Å². The highest BCUT2D eigenvalue weighted by Gasteiger charge is 2.46. The van der Waals surface area contributed by atoms with Crippen LogP contribution in [0, 0.1) is 23.5 Å². The fourth-order valence-corrected chi connectivity index (χ4v) is 3.15. The maximum absolute atomic E-state index is 11.9. The second kappa shape index (κ2) is 7.84. The summed E-state index contributed by atoms with van der Waals surface area (Å²) >= 11 is 0. The first-order valence-electron chi connectivity index (χ1n) is 7.71. The molecule has 2 unspecified atom stereocenters. The van der Waals surface area contributed by atoms with Gasteiger partial charge in [0.2, 0.25) is 0 Å². The van der Waals surface area contributed by atoms with Crippen molar-refractivity contribution in [3.8, 4) is 0 Å². The summed E-state index contributed by atoms with van der Waals surface area (Å²) in [5.41, 5.74) is 0. The molecule has 1 spiro atoms. The quantitative estimate of drug-likeness (QED) is 0.742. The van der Waals surface area contributed by atoms with E-state index >= 15 is 0 Å². The topological polar surface area (TPSA) is 44.8 Å². The van der Waals surface area contributed by atoms with Gasteiger partial charge < -0.3 is 14.2 Å². The smallest absolute Gasteiger partial charge is 0.308 e. The van der Waals surface area contributed by atoms with Crippen molar-refractivity contribution in [3.63, 3.8) is 0 Å². The SMILES string of the molecule is COC(=O)C1CC(C)CC2(C1)OCCO2.Fc1ccc(F)cc1. The summed E-state index contributed by atoms with van der Waals surface area (Å²) in [7, 11) is 1.44. The number of esters is 1. The lowest BCUT2D eigenvalue weighted by Crippen LogP contribution is -2.42. The molecule has 2 aliphatic rings. The summed E-state index contributed by atoms with van der Waals surface area (Å²) < 4.78 is 39.9. The lowest BCUT2D eigenvalue weighted by molar-refractivity contribution is -0.202. The van der Waals surface area contributed by atoms with Gasteiger partial charge in [-0.05, 0) is 36.6 Å². The van der Waals surface area contributed by atoms with Crippen molar-refractivity contribution in [2.75, 3.05) is 20.3 Å². The number of hydrogen-bond donors (Lipinski definition) is 0. The first kappa shape index (κ1) is 17.8. The molecule has 0 N–H and O–H groups in total. The van der Waals surface area contributed by atoms with E-state index in [4.69, 9.17) is 14.2 Å². The Hall–Kier alpha value is -1.53. The molecule has 1 aliphatic carbocycles. The van der Waals surface area contributed by atoms with Crippen LogP contribution in [0.3, 0.4) is 0 Å². The van der Waals surface area contributed by atoms with E-state index in [2.05, 4.69) is 6.92 Å². The van der Waals surface area contributed by atoms with Gasteiger partial charge in [0.1, 0.15) is 11.6 Å². The zero-order valence-electron chi connectivity index (χ0n) is 13.4. The predicted molar refractivity (Wildman–Crippen MR) is 79.5 cm³/mol. The van der Waals surface area contributed by atoms with Crippen LogP contribution < -0.4 is 0 Å². The van der Waals surface area contributed by atoms with Gasteiger partial charge in [-0.25, -0.2) is 8.78 Å². The van der Waals surface area contributed by atoms with Crippen LogP contribution in [-0.2, 0) is 19.0 Å². The molecular weight excluding hydrogens is 306 g/mol. The molecule has 1 heterocycles. The van der Waals surface area contributed by atoms with Gasteiger partial charge >= 0.3 is 5.97 Å². The van der Waals surface area contributed by atoms with Gasteiger partial charge in [0, 0.05) is 12.8 Å². The molecule has 2 fully saturated rings. The summed E-state index contributed by atoms with van der Waals surface area (Å²) in [5, 5.41) is 0. The van der Waals surface area contributed by atoms with Crippen molar-refractivity contribution in [2.45, 2.75) is 32.0 Å². The second-order valence-corrected chi connectivity index (χ2v) is 6.01. The molecule has 1 saturated carbocycles. The van der Waals surface area contributed by atoms with Gasteiger partial charge in [-0.3, -0.25) is 4.79 Å². The molecule has 4 nitrogen and oxygen atoms in total. The van der Waals surface area contributed by atoms with E-state index in [0.29, 0.717) is 25.6 Å². The fraction of sp³-hybridized carbons (Fsp3) is 0.588. The van der Waals surface area contributed by atoms with Crippen molar-refractivity contribution in [1.82, 2.24) is 0 Å². The zero-order chi connectivity index (χ0) is 16.9. The van der Waals surface area contributed by atoms with Gasteiger partial charge in [0.05, 0.1) is 26.2 Å². The highest BCUT2D eigenvalue weighted by Crippen LogP contribution is 2.41. The number of carbonyl (C=O) groups excluding carboxylic acids is 1. The van der Waals surface area contributed by atoms with Crippen LogP contribution >= 0.6 is 0 Å². The van der Waals surface area contributed by atoms with E-state index in [-0.39, 0.29) is 11.9 Å². The molecule has 1 saturated heterocycles. The molecule has 6 heteroatoms. The minimum Gasteiger partial charge on any atom is -0.469 e. The molecule has 1 aromatic carbocycles. The predicted octanol–water partition coefficient (Wildman–Crippen LogP) is 3.30. The van der Waals surface area contributed by atoms with Crippen molar-refractivity contribution < 1.29 is 27.8 Å². The zero-order valence-corrected chi connectivity index (χ0v) is 13.4. The van der Waals surface area contributed by atoms with Gasteiger partial charge in [0.15, 0.2) is 5.79 Å². The third-order valence-corrected chi connectivity index (χ3v) is 4.06. The molecule has 1 aliphatic heterocycles. The minimum absolute atomic E-state index is 0.0724. The number of halogens is 2. The highest BCUT2D eigenvalue weighted by atomic mass is 19.1. The molecule has 0 amide bonds. The molecular formula is C17H22F2O4. The summed E-state index contributed by atoms with van der Waals surface area (Å²) in [4.78, 5) is 11.5. The van der Waals surface area contributed by atoms with Gasteiger partial charge in [0.25, 0.3) is 0 Å². The molecule has 23 heavy (non-hydrogen) atoms. The third kappa shape index (κ3) is 4.97. The maximum Gasteiger partial charge on any atom is 0.308 e. The molecule has 0 radical (unpaired) electrons. The van der Waals surface area contributed by atoms with E-state index in [1.54, 1.807) is 0 Å². The third-order valence-electron chi connectivity index (χ3n) is 4.06. The Bertz CT molecular complexity index is 491. The van der Waals surface area contributed by atoms with E-state index < -0.39 is 17.4 Å². The van der Waals surface area contributed by atoms with Crippen molar-refractivity contribution >= 4 is 5.97 Å². The van der Waals surface area contributed by atoms with E-state index in [9.17, 15) is 13.6 Å². The van der Waals surface area contributed by atoms with Crippen LogP contribution in [0.4, 0.5) is 8.78 Å². The van der Waals surface area contributed by atoms with Gasteiger partial charge in [-0.1, -0.05) is 6.92 Å². The summed E-state index contributed by atoms with van der Waals surface area (Å²) in [6.45, 7) is 3.41. The van der Waals surface area contributed by atoms with Crippen LogP contribution in [0.25, 0.3) is 0 Å². The van der Waals surface area contributed by atoms with Gasteiger partial charge in [-0.2, -0.15) is 0 Å². The largest absolute Gasteiger partial charge is 0.469 e. The Labute approximate surface area is 134 Å². The Kier molecular flexibility index (Phi) is 6.07. The Balaban J connectivity index is 0.000000203. The normalized spacial score (nSPS) is 25.6. The first-order chi connectivity index (χ1) is 10.9. The Morgan fingerprint density at radius 2 is 1.65 bits per heavy atom. The average Bonchev–Trinajstić information content (AvgIpc) is 2.96. The lowest BCUT2D eigenvalue weighted by atomic mass is 9.78. The number of hydrogen-bond acceptors (Lipinski definition) is 4. The van der Waals surface area contributed by atoms with Gasteiger partial charge in [-0.15, -0.1) is 0 Å². The van der Waals surface area contributed by atoms with Crippen molar-refractivity contribution in [1.29, 1.82) is 0 Å². The molecule has 0 aromatic heterocycles. The molecule has 1 aromatic rings. The molecule has 2 atom stereocenters. The van der Waals surface area contributed by atoms with E-state index in [1.807, 2.05) is 0 Å². The van der Waals surface area contributed by atoms with Crippen LogP contribution in [0.5, 0.6) is 0 Å². The second-order valence-electron chi connectivity index (χ2n) is 6.01. The average molecular weight is 328 g/mol. The number of benzene rings is 1. The fourth-order valence-electron chi connectivity index (χ4n) is 3.15. The standard InChI is InChI=1S/C11H18O4.C6H4F2/c1-8-5-9(10(12)13-2)7-11(6-8)14-3-4-15-11;7-5-1-2-6(8)4-3-5/h8-9H,3-7H2,1-2H3;1-4H. The maximum atomic E-state index is 11.9. The van der Waals surface area contributed by atoms with E-state index in [1.165, 1.54) is 7.11 Å². The van der Waals surface area contributed by atoms with Crippen LogP contribution in [-0.4, -0.2) is 32.1 Å². The van der Waals surface area contributed by atoms with Crippen LogP contribution in [0.15, 0.2) is 24.3 Å². The lowest BCUT2D eigenvalue weighted by Gasteiger charge is -2.38. The summed E-state index contributed by atoms with van der Waals surface area (Å²) in [6.07, 6.45) is 2.41. The number of ether oxygens (including phenoxy) is 3. The number of methoxy groups -OCH3 is 1. The van der Waals surface area contributed by atoms with Crippen LogP contribution in [0.2, 0.25) is 0 Å². The van der Waals surface area contributed by atoms with Crippen LogP contribution in [0.1, 0.15) is 26.2 Å². The molecule has 3 rings (SSSR count). The first-order valence-corrected chi connectivity index (χ1v) is 7.71. The Morgan fingerprint density at radius 1 is 1.13 bits per heavy atom.